The van der Waals surface area contributed by atoms with E-state index in [4.69, 9.17) is 4.74 Å². The summed E-state index contributed by atoms with van der Waals surface area (Å²) in [4.78, 5) is 2.40. The molecule has 2 aromatic rings. The molecule has 29 heavy (non-hydrogen) atoms. The maximum absolute atomic E-state index is 13.2. The van der Waals surface area contributed by atoms with Gasteiger partial charge in [-0.15, -0.1) is 10.2 Å². The summed E-state index contributed by atoms with van der Waals surface area (Å²) in [5, 5.41) is 10.9. The van der Waals surface area contributed by atoms with E-state index in [0.717, 1.165) is 15.7 Å². The lowest BCUT2D eigenvalue weighted by atomic mass is 9.90. The van der Waals surface area contributed by atoms with Crippen molar-refractivity contribution in [3.8, 4) is 5.75 Å². The van der Waals surface area contributed by atoms with E-state index in [1.807, 2.05) is 13.0 Å². The first kappa shape index (κ1) is 20.6. The van der Waals surface area contributed by atoms with E-state index in [1.54, 1.807) is 27.8 Å². The number of rotatable bonds is 5. The summed E-state index contributed by atoms with van der Waals surface area (Å²) in [6, 6.07) is 5.25. The number of nitrogens with zero attached hydrogens (tertiary/aromatic N) is 4. The van der Waals surface area contributed by atoms with Crippen molar-refractivity contribution in [2.24, 2.45) is 0 Å². The Labute approximate surface area is 176 Å². The van der Waals surface area contributed by atoms with E-state index in [1.165, 1.54) is 39.2 Å². The molecule has 1 saturated carbocycles. The van der Waals surface area contributed by atoms with Gasteiger partial charge in [-0.1, -0.05) is 36.7 Å². The van der Waals surface area contributed by atoms with Crippen molar-refractivity contribution in [2.45, 2.75) is 49.8 Å². The van der Waals surface area contributed by atoms with Crippen LogP contribution in [-0.2, 0) is 10.0 Å². The number of hydrogen-bond acceptors (Lipinski definition) is 7. The van der Waals surface area contributed by atoms with Crippen molar-refractivity contribution in [2.75, 3.05) is 38.2 Å². The first-order chi connectivity index (χ1) is 14.0. The summed E-state index contributed by atoms with van der Waals surface area (Å²) < 4.78 is 33.2. The zero-order valence-corrected chi connectivity index (χ0v) is 18.6. The number of methoxy groups -OCH3 is 1. The van der Waals surface area contributed by atoms with Crippen LogP contribution in [0.3, 0.4) is 0 Å². The Bertz CT molecular complexity index is 946. The van der Waals surface area contributed by atoms with Gasteiger partial charge in [0.1, 0.15) is 15.7 Å². The number of sulfonamides is 1. The molecule has 2 heterocycles. The largest absolute Gasteiger partial charge is 0.495 e. The van der Waals surface area contributed by atoms with Gasteiger partial charge in [-0.05, 0) is 37.5 Å². The normalized spacial score (nSPS) is 19.4. The van der Waals surface area contributed by atoms with Crippen LogP contribution in [0.15, 0.2) is 23.1 Å². The molecule has 7 nitrogen and oxygen atoms in total. The molecule has 158 valence electrons. The molecule has 2 aliphatic rings. The Morgan fingerprint density at radius 2 is 1.79 bits per heavy atom. The summed E-state index contributed by atoms with van der Waals surface area (Å²) in [5.41, 5.74) is 0.895. The lowest BCUT2D eigenvalue weighted by molar-refractivity contribution is 0.374. The highest BCUT2D eigenvalue weighted by molar-refractivity contribution is 7.89. The summed E-state index contributed by atoms with van der Waals surface area (Å²) in [7, 11) is -2.09. The quantitative estimate of drug-likeness (QED) is 0.715. The van der Waals surface area contributed by atoms with E-state index in [-0.39, 0.29) is 4.90 Å². The van der Waals surface area contributed by atoms with E-state index < -0.39 is 10.0 Å². The topological polar surface area (TPSA) is 75.6 Å². The predicted octanol–water partition coefficient (Wildman–Crippen LogP) is 3.41. The Hall–Kier alpha value is -1.71. The maximum atomic E-state index is 13.2. The summed E-state index contributed by atoms with van der Waals surface area (Å²) in [6.45, 7) is 3.98. The van der Waals surface area contributed by atoms with Crippen molar-refractivity contribution in [3.63, 3.8) is 0 Å². The zero-order valence-electron chi connectivity index (χ0n) is 17.0. The molecular weight excluding hydrogens is 408 g/mol. The molecule has 0 N–H and O–H groups in total. The van der Waals surface area contributed by atoms with E-state index in [2.05, 4.69) is 15.1 Å². The van der Waals surface area contributed by atoms with Gasteiger partial charge in [0.15, 0.2) is 0 Å². The van der Waals surface area contributed by atoms with E-state index >= 15 is 0 Å². The van der Waals surface area contributed by atoms with Gasteiger partial charge in [0.25, 0.3) is 0 Å². The average molecular weight is 437 g/mol. The molecular formula is C20H28N4O3S2. The van der Waals surface area contributed by atoms with Crippen LogP contribution in [0.5, 0.6) is 5.75 Å². The van der Waals surface area contributed by atoms with E-state index in [9.17, 15) is 8.42 Å². The van der Waals surface area contributed by atoms with Gasteiger partial charge in [0.05, 0.1) is 7.11 Å². The number of hydrogen-bond donors (Lipinski definition) is 0. The summed E-state index contributed by atoms with van der Waals surface area (Å²) >= 11 is 1.67. The third-order valence-electron chi connectivity index (χ3n) is 5.83. The van der Waals surface area contributed by atoms with Gasteiger partial charge < -0.3 is 9.64 Å². The number of benzene rings is 1. The standard InChI is InChI=1S/C20H28N4O3S2/c1-15-8-9-17(27-2)18(14-15)29(25,26)24-12-10-23(11-13-24)20-22-21-19(28-20)16-6-4-3-5-7-16/h8-9,14,16H,3-7,10-13H2,1-2H3. The molecule has 1 aromatic carbocycles. The fourth-order valence-corrected chi connectivity index (χ4v) is 6.84. The van der Waals surface area contributed by atoms with Crippen LogP contribution in [0.25, 0.3) is 0 Å². The van der Waals surface area contributed by atoms with Crippen molar-refractivity contribution >= 4 is 26.5 Å². The molecule has 1 aromatic heterocycles. The second-order valence-corrected chi connectivity index (χ2v) is 10.7. The highest BCUT2D eigenvalue weighted by atomic mass is 32.2. The monoisotopic (exact) mass is 436 g/mol. The Morgan fingerprint density at radius 3 is 2.48 bits per heavy atom. The highest BCUT2D eigenvalue weighted by Crippen LogP contribution is 2.36. The number of anilines is 1. The summed E-state index contributed by atoms with van der Waals surface area (Å²) in [6.07, 6.45) is 6.29. The molecule has 0 spiro atoms. The highest BCUT2D eigenvalue weighted by Gasteiger charge is 2.32. The van der Waals surface area contributed by atoms with Crippen LogP contribution in [0, 0.1) is 6.92 Å². The van der Waals surface area contributed by atoms with Crippen LogP contribution >= 0.6 is 11.3 Å². The van der Waals surface area contributed by atoms with Crippen LogP contribution in [-0.4, -0.2) is 56.2 Å². The van der Waals surface area contributed by atoms with E-state index in [0.29, 0.717) is 37.8 Å². The molecule has 1 aliphatic heterocycles. The van der Waals surface area contributed by atoms with Crippen molar-refractivity contribution < 1.29 is 13.2 Å². The average Bonchev–Trinajstić information content (AvgIpc) is 3.25. The SMILES string of the molecule is COc1ccc(C)cc1S(=O)(=O)N1CCN(c2nnc(C3CCCCC3)s2)CC1. The smallest absolute Gasteiger partial charge is 0.246 e. The molecule has 1 saturated heterocycles. The number of piperazine rings is 1. The minimum absolute atomic E-state index is 0.240. The third-order valence-corrected chi connectivity index (χ3v) is 8.90. The molecule has 0 atom stereocenters. The summed E-state index contributed by atoms with van der Waals surface area (Å²) in [5.74, 6) is 0.935. The fourth-order valence-electron chi connectivity index (χ4n) is 4.11. The molecule has 9 heteroatoms. The predicted molar refractivity (Wildman–Crippen MR) is 114 cm³/mol. The molecule has 0 amide bonds. The van der Waals surface area contributed by atoms with Crippen molar-refractivity contribution in [1.82, 2.24) is 14.5 Å². The van der Waals surface area contributed by atoms with Gasteiger partial charge in [-0.2, -0.15) is 4.31 Å². The second kappa shape index (κ2) is 8.57. The van der Waals surface area contributed by atoms with Gasteiger partial charge in [-0.3, -0.25) is 0 Å². The van der Waals surface area contributed by atoms with Gasteiger partial charge in [0.2, 0.25) is 15.2 Å². The second-order valence-electron chi connectivity index (χ2n) is 7.80. The van der Waals surface area contributed by atoms with Crippen LogP contribution in [0.2, 0.25) is 0 Å². The molecule has 4 rings (SSSR count). The van der Waals surface area contributed by atoms with Crippen molar-refractivity contribution in [3.05, 3.63) is 28.8 Å². The molecule has 0 radical (unpaired) electrons. The Balaban J connectivity index is 1.44. The minimum atomic E-state index is -3.60. The number of aryl methyl sites for hydroxylation is 1. The van der Waals surface area contributed by atoms with Gasteiger partial charge >= 0.3 is 0 Å². The number of aromatic nitrogens is 2. The van der Waals surface area contributed by atoms with Gasteiger partial charge in [-0.25, -0.2) is 8.42 Å². The molecule has 1 aliphatic carbocycles. The first-order valence-corrected chi connectivity index (χ1v) is 12.5. The first-order valence-electron chi connectivity index (χ1n) is 10.2. The zero-order chi connectivity index (χ0) is 20.4. The molecule has 2 fully saturated rings. The molecule has 0 unspecified atom stereocenters. The lowest BCUT2D eigenvalue weighted by Crippen LogP contribution is -2.48. The Kier molecular flexibility index (Phi) is 6.08. The van der Waals surface area contributed by atoms with Crippen molar-refractivity contribution in [1.29, 1.82) is 0 Å². The lowest BCUT2D eigenvalue weighted by Gasteiger charge is -2.33. The molecule has 0 bridgehead atoms. The van der Waals surface area contributed by atoms with Crippen LogP contribution in [0.4, 0.5) is 5.13 Å². The third kappa shape index (κ3) is 4.27. The minimum Gasteiger partial charge on any atom is -0.495 e. The van der Waals surface area contributed by atoms with Gasteiger partial charge in [0, 0.05) is 32.1 Å². The fraction of sp³-hybridized carbons (Fsp3) is 0.600. The Morgan fingerprint density at radius 1 is 1.07 bits per heavy atom. The number of ether oxygens (including phenoxy) is 1. The maximum Gasteiger partial charge on any atom is 0.246 e. The van der Waals surface area contributed by atoms with Crippen LogP contribution < -0.4 is 9.64 Å². The van der Waals surface area contributed by atoms with Crippen LogP contribution in [0.1, 0.15) is 48.6 Å².